The van der Waals surface area contributed by atoms with E-state index >= 15 is 0 Å². The summed E-state index contributed by atoms with van der Waals surface area (Å²) in [6.07, 6.45) is -4.59. The van der Waals surface area contributed by atoms with E-state index in [1.165, 1.54) is 11.3 Å². The van der Waals surface area contributed by atoms with Crippen molar-refractivity contribution in [3.8, 4) is 10.4 Å². The number of hydrogen-bond donors (Lipinski definition) is 1. The molecule has 0 aliphatic heterocycles. The van der Waals surface area contributed by atoms with E-state index in [-0.39, 0.29) is 5.65 Å². The quantitative estimate of drug-likeness (QED) is 0.502. The molecule has 24 heavy (non-hydrogen) atoms. The van der Waals surface area contributed by atoms with Crippen LogP contribution in [0.25, 0.3) is 32.2 Å². The average molecular weight is 346 g/mol. The highest BCUT2D eigenvalue weighted by Crippen LogP contribution is 2.38. The molecule has 7 heteroatoms. The van der Waals surface area contributed by atoms with Gasteiger partial charge in [0.25, 0.3) is 5.56 Å². The van der Waals surface area contributed by atoms with E-state index in [4.69, 9.17) is 0 Å². The minimum Gasteiger partial charge on any atom is -0.306 e. The summed E-state index contributed by atoms with van der Waals surface area (Å²) in [6, 6.07) is 11.4. The molecule has 120 valence electrons. The Balaban J connectivity index is 2.24. The molecular weight excluding hydrogens is 337 g/mol. The molecule has 4 rings (SSSR count). The fourth-order valence-corrected chi connectivity index (χ4v) is 3.50. The van der Waals surface area contributed by atoms with Crippen molar-refractivity contribution in [1.29, 1.82) is 0 Å². The van der Waals surface area contributed by atoms with Crippen molar-refractivity contribution in [3.05, 3.63) is 63.9 Å². The number of H-pyrrole nitrogens is 1. The molecule has 3 nitrogen and oxygen atoms in total. The average Bonchev–Trinajstić information content (AvgIpc) is 3.07. The van der Waals surface area contributed by atoms with Gasteiger partial charge in [0.05, 0.1) is 0 Å². The highest BCUT2D eigenvalue weighted by molar-refractivity contribution is 7.13. The van der Waals surface area contributed by atoms with Crippen molar-refractivity contribution >= 4 is 33.1 Å². The van der Waals surface area contributed by atoms with Crippen LogP contribution in [0.15, 0.2) is 52.6 Å². The van der Waals surface area contributed by atoms with Crippen LogP contribution in [0, 0.1) is 0 Å². The highest BCUT2D eigenvalue weighted by atomic mass is 32.1. The molecule has 0 saturated heterocycles. The predicted molar refractivity (Wildman–Crippen MR) is 88.2 cm³/mol. The third-order valence-corrected chi connectivity index (χ3v) is 4.67. The summed E-state index contributed by atoms with van der Waals surface area (Å²) < 4.78 is 39.6. The van der Waals surface area contributed by atoms with Gasteiger partial charge in [0.15, 0.2) is 0 Å². The zero-order chi connectivity index (χ0) is 16.9. The Morgan fingerprint density at radius 2 is 1.79 bits per heavy atom. The van der Waals surface area contributed by atoms with Gasteiger partial charge in [-0.15, -0.1) is 11.3 Å². The lowest BCUT2D eigenvalue weighted by atomic mass is 10.0. The zero-order valence-corrected chi connectivity index (χ0v) is 12.8. The molecule has 4 aromatic rings. The van der Waals surface area contributed by atoms with Crippen LogP contribution < -0.4 is 5.56 Å². The number of rotatable bonds is 1. The third kappa shape index (κ3) is 2.28. The van der Waals surface area contributed by atoms with Gasteiger partial charge >= 0.3 is 6.18 Å². The van der Waals surface area contributed by atoms with Crippen LogP contribution in [0.5, 0.6) is 0 Å². The van der Waals surface area contributed by atoms with E-state index in [1.807, 2.05) is 0 Å². The molecular formula is C17H9F3N2OS. The lowest BCUT2D eigenvalue weighted by molar-refractivity contribution is -0.140. The fraction of sp³-hybridized carbons (Fsp3) is 0.0588. The summed E-state index contributed by atoms with van der Waals surface area (Å²) >= 11 is 1.34. The number of alkyl halides is 3. The Kier molecular flexibility index (Phi) is 3.21. The molecule has 0 aliphatic carbocycles. The SMILES string of the molecule is O=c1[nH]c2nc(C(F)(F)F)cc(-c3cccs3)c2c2ccccc12. The molecule has 0 aliphatic rings. The van der Waals surface area contributed by atoms with Gasteiger partial charge in [-0.2, -0.15) is 13.2 Å². The van der Waals surface area contributed by atoms with Crippen LogP contribution >= 0.6 is 11.3 Å². The van der Waals surface area contributed by atoms with Crippen LogP contribution in [0.2, 0.25) is 0 Å². The molecule has 3 heterocycles. The second-order valence-corrected chi connectivity index (χ2v) is 6.20. The molecule has 0 radical (unpaired) electrons. The minimum absolute atomic E-state index is 0.0584. The number of halogens is 3. The number of pyridine rings is 2. The molecule has 3 aromatic heterocycles. The molecule has 0 fully saturated rings. The minimum atomic E-state index is -4.59. The normalized spacial score (nSPS) is 12.1. The standard InChI is InChI=1S/C17H9F3N2OS/c18-17(19,20)13-8-11(12-6-3-7-24-12)14-9-4-1-2-5-10(9)16(23)22-15(14)21-13/h1-8H,(H,21,22,23). The van der Waals surface area contributed by atoms with E-state index in [2.05, 4.69) is 9.97 Å². The molecule has 0 unspecified atom stereocenters. The third-order valence-electron chi connectivity index (χ3n) is 3.77. The van der Waals surface area contributed by atoms with Crippen LogP contribution in [-0.2, 0) is 6.18 Å². The molecule has 0 atom stereocenters. The van der Waals surface area contributed by atoms with Gasteiger partial charge < -0.3 is 4.98 Å². The molecule has 1 N–H and O–H groups in total. The number of thiophene rings is 1. The second-order valence-electron chi connectivity index (χ2n) is 5.25. The summed E-state index contributed by atoms with van der Waals surface area (Å²) in [6.45, 7) is 0. The maximum Gasteiger partial charge on any atom is 0.433 e. The number of benzene rings is 1. The zero-order valence-electron chi connectivity index (χ0n) is 12.0. The van der Waals surface area contributed by atoms with Crippen molar-refractivity contribution in [2.75, 3.05) is 0 Å². The predicted octanol–water partition coefficient (Wildman–Crippen LogP) is 4.82. The van der Waals surface area contributed by atoms with Crippen LogP contribution in [0.3, 0.4) is 0 Å². The Morgan fingerprint density at radius 3 is 2.46 bits per heavy atom. The Hall–Kier alpha value is -2.67. The van der Waals surface area contributed by atoms with E-state index in [1.54, 1.807) is 41.8 Å². The van der Waals surface area contributed by atoms with Crippen molar-refractivity contribution in [2.24, 2.45) is 0 Å². The second kappa shape index (κ2) is 5.17. The van der Waals surface area contributed by atoms with Crippen molar-refractivity contribution < 1.29 is 13.2 Å². The van der Waals surface area contributed by atoms with E-state index in [9.17, 15) is 18.0 Å². The summed E-state index contributed by atoms with van der Waals surface area (Å²) in [5.74, 6) is 0. The number of aromatic amines is 1. The van der Waals surface area contributed by atoms with Gasteiger partial charge in [-0.25, -0.2) is 4.98 Å². The molecule has 0 saturated carbocycles. The number of nitrogens with zero attached hydrogens (tertiary/aromatic N) is 1. The first-order valence-electron chi connectivity index (χ1n) is 7.02. The highest BCUT2D eigenvalue weighted by Gasteiger charge is 2.34. The molecule has 0 spiro atoms. The van der Waals surface area contributed by atoms with Gasteiger partial charge in [-0.1, -0.05) is 24.3 Å². The van der Waals surface area contributed by atoms with E-state index in [0.717, 1.165) is 6.07 Å². The fourth-order valence-electron chi connectivity index (χ4n) is 2.75. The molecule has 0 bridgehead atoms. The molecule has 1 aromatic carbocycles. The van der Waals surface area contributed by atoms with E-state index in [0.29, 0.717) is 26.6 Å². The van der Waals surface area contributed by atoms with Gasteiger partial charge in [0.1, 0.15) is 11.3 Å². The number of hydrogen-bond acceptors (Lipinski definition) is 3. The summed E-state index contributed by atoms with van der Waals surface area (Å²) in [7, 11) is 0. The maximum atomic E-state index is 13.2. The number of fused-ring (bicyclic) bond motifs is 3. The van der Waals surface area contributed by atoms with Gasteiger partial charge in [-0.05, 0) is 29.0 Å². The van der Waals surface area contributed by atoms with Crippen LogP contribution in [0.4, 0.5) is 13.2 Å². The van der Waals surface area contributed by atoms with E-state index < -0.39 is 17.4 Å². The number of nitrogens with one attached hydrogen (secondary N) is 1. The first kappa shape index (κ1) is 14.9. The lowest BCUT2D eigenvalue weighted by Gasteiger charge is -2.12. The van der Waals surface area contributed by atoms with Crippen molar-refractivity contribution in [1.82, 2.24) is 9.97 Å². The Labute approximate surface area is 137 Å². The number of aromatic nitrogens is 2. The monoisotopic (exact) mass is 346 g/mol. The first-order valence-corrected chi connectivity index (χ1v) is 7.90. The maximum absolute atomic E-state index is 13.2. The Bertz CT molecular complexity index is 1110. The van der Waals surface area contributed by atoms with Crippen molar-refractivity contribution in [2.45, 2.75) is 6.18 Å². The van der Waals surface area contributed by atoms with Gasteiger partial charge in [-0.3, -0.25) is 4.79 Å². The lowest BCUT2D eigenvalue weighted by Crippen LogP contribution is -2.12. The van der Waals surface area contributed by atoms with Gasteiger partial charge in [0.2, 0.25) is 0 Å². The summed E-state index contributed by atoms with van der Waals surface area (Å²) in [4.78, 5) is 19.0. The smallest absolute Gasteiger partial charge is 0.306 e. The van der Waals surface area contributed by atoms with Crippen molar-refractivity contribution in [3.63, 3.8) is 0 Å². The summed E-state index contributed by atoms with van der Waals surface area (Å²) in [5, 5.41) is 3.31. The van der Waals surface area contributed by atoms with Crippen LogP contribution in [0.1, 0.15) is 5.69 Å². The van der Waals surface area contributed by atoms with Crippen LogP contribution in [-0.4, -0.2) is 9.97 Å². The summed E-state index contributed by atoms with van der Waals surface area (Å²) in [5.41, 5.74) is -1.13. The molecule has 0 amide bonds. The Morgan fingerprint density at radius 1 is 1.04 bits per heavy atom. The first-order chi connectivity index (χ1) is 11.4. The topological polar surface area (TPSA) is 45.8 Å². The largest absolute Gasteiger partial charge is 0.433 e. The van der Waals surface area contributed by atoms with Gasteiger partial charge in [0, 0.05) is 21.2 Å².